The van der Waals surface area contributed by atoms with E-state index in [2.05, 4.69) is 15.7 Å². The summed E-state index contributed by atoms with van der Waals surface area (Å²) < 4.78 is 3.79. The fourth-order valence-electron chi connectivity index (χ4n) is 4.26. The van der Waals surface area contributed by atoms with Crippen LogP contribution in [0.1, 0.15) is 50.0 Å². The molecule has 2 heterocycles. The van der Waals surface area contributed by atoms with Gasteiger partial charge in [0.05, 0.1) is 10.9 Å². The van der Waals surface area contributed by atoms with Crippen LogP contribution >= 0.6 is 0 Å². The van der Waals surface area contributed by atoms with E-state index < -0.39 is 11.6 Å². The SMILES string of the molecule is CCCn1c(=O)c2ccc(C(=O)NCC(C)C)cc2n2c(=O)n(CC(=O)Nc3ccccc3CC)nc12. The van der Waals surface area contributed by atoms with E-state index in [4.69, 9.17) is 0 Å². The highest BCUT2D eigenvalue weighted by Crippen LogP contribution is 2.16. The zero-order valence-electron chi connectivity index (χ0n) is 21.6. The number of carbonyl (C=O) groups is 2. The second-order valence-corrected chi connectivity index (χ2v) is 9.43. The number of para-hydroxylation sites is 1. The van der Waals surface area contributed by atoms with Gasteiger partial charge >= 0.3 is 5.69 Å². The highest BCUT2D eigenvalue weighted by atomic mass is 16.2. The molecule has 0 saturated carbocycles. The Morgan fingerprint density at radius 3 is 2.51 bits per heavy atom. The lowest BCUT2D eigenvalue weighted by molar-refractivity contribution is -0.117. The average Bonchev–Trinajstić information content (AvgIpc) is 3.20. The Morgan fingerprint density at radius 1 is 1.05 bits per heavy atom. The molecule has 0 aliphatic heterocycles. The van der Waals surface area contributed by atoms with E-state index in [1.165, 1.54) is 15.0 Å². The molecule has 194 valence electrons. The molecule has 4 rings (SSSR count). The van der Waals surface area contributed by atoms with Crippen molar-refractivity contribution in [2.24, 2.45) is 5.92 Å². The van der Waals surface area contributed by atoms with Crippen molar-refractivity contribution in [3.05, 3.63) is 74.4 Å². The van der Waals surface area contributed by atoms with Crippen LogP contribution in [0.5, 0.6) is 0 Å². The Labute approximate surface area is 213 Å². The fourth-order valence-corrected chi connectivity index (χ4v) is 4.26. The summed E-state index contributed by atoms with van der Waals surface area (Å²) in [6.45, 7) is 8.42. The molecule has 2 N–H and O–H groups in total. The molecule has 0 unspecified atom stereocenters. The Bertz CT molecular complexity index is 1590. The Hall–Kier alpha value is -4.21. The van der Waals surface area contributed by atoms with Crippen LogP contribution < -0.4 is 21.9 Å². The second-order valence-electron chi connectivity index (χ2n) is 9.43. The van der Waals surface area contributed by atoms with Gasteiger partial charge in [-0.3, -0.25) is 19.0 Å². The van der Waals surface area contributed by atoms with E-state index in [1.54, 1.807) is 12.1 Å². The summed E-state index contributed by atoms with van der Waals surface area (Å²) in [5, 5.41) is 10.4. The van der Waals surface area contributed by atoms with Crippen molar-refractivity contribution in [2.45, 2.75) is 53.6 Å². The van der Waals surface area contributed by atoms with Crippen molar-refractivity contribution in [3.63, 3.8) is 0 Å². The summed E-state index contributed by atoms with van der Waals surface area (Å²) in [7, 11) is 0. The number of nitrogens with one attached hydrogen (secondary N) is 2. The number of anilines is 1. The molecule has 0 aliphatic carbocycles. The predicted octanol–water partition coefficient (Wildman–Crippen LogP) is 2.81. The summed E-state index contributed by atoms with van der Waals surface area (Å²) in [6, 6.07) is 12.1. The maximum Gasteiger partial charge on any atom is 0.352 e. The van der Waals surface area contributed by atoms with E-state index >= 15 is 0 Å². The van der Waals surface area contributed by atoms with E-state index in [1.807, 2.05) is 52.0 Å². The summed E-state index contributed by atoms with van der Waals surface area (Å²) in [6.07, 6.45) is 1.39. The minimum Gasteiger partial charge on any atom is -0.352 e. The van der Waals surface area contributed by atoms with E-state index in [0.29, 0.717) is 36.1 Å². The highest BCUT2D eigenvalue weighted by molar-refractivity contribution is 5.98. The number of carbonyl (C=O) groups excluding carboxylic acids is 2. The first-order chi connectivity index (χ1) is 17.7. The summed E-state index contributed by atoms with van der Waals surface area (Å²) in [5.41, 5.74) is 1.38. The molecule has 10 nitrogen and oxygen atoms in total. The van der Waals surface area contributed by atoms with Gasteiger partial charge in [0, 0.05) is 24.3 Å². The van der Waals surface area contributed by atoms with Gasteiger partial charge in [0.15, 0.2) is 0 Å². The largest absolute Gasteiger partial charge is 0.352 e. The van der Waals surface area contributed by atoms with Gasteiger partial charge in [0.25, 0.3) is 11.5 Å². The summed E-state index contributed by atoms with van der Waals surface area (Å²) in [5.74, 6) is -0.302. The number of benzene rings is 2. The molecule has 2 aromatic carbocycles. The van der Waals surface area contributed by atoms with Crippen molar-refractivity contribution in [3.8, 4) is 0 Å². The average molecular weight is 505 g/mol. The zero-order valence-corrected chi connectivity index (χ0v) is 21.6. The van der Waals surface area contributed by atoms with Crippen molar-refractivity contribution >= 4 is 34.2 Å². The minimum atomic E-state index is -0.566. The molecule has 0 atom stereocenters. The molecule has 10 heteroatoms. The Balaban J connectivity index is 1.80. The van der Waals surface area contributed by atoms with Gasteiger partial charge in [0.1, 0.15) is 6.54 Å². The molecule has 2 amide bonds. The van der Waals surface area contributed by atoms with Crippen molar-refractivity contribution in [1.29, 1.82) is 0 Å². The maximum absolute atomic E-state index is 13.5. The molecular formula is C27H32N6O4. The monoisotopic (exact) mass is 504 g/mol. The Kier molecular flexibility index (Phi) is 7.56. The summed E-state index contributed by atoms with van der Waals surface area (Å²) >= 11 is 0. The quantitative estimate of drug-likeness (QED) is 0.363. The standard InChI is InChI=1S/C27H32N6O4/c1-5-13-31-25(36)20-12-11-19(24(35)28-15-17(3)4)14-22(20)33-26(31)30-32(27(33)37)16-23(34)29-21-10-8-7-9-18(21)6-2/h7-12,14,17H,5-6,13,15-16H2,1-4H3,(H,28,35)(H,29,34). The van der Waals surface area contributed by atoms with Crippen LogP contribution in [0.15, 0.2) is 52.1 Å². The number of hydrogen-bond donors (Lipinski definition) is 2. The molecule has 0 aliphatic rings. The van der Waals surface area contributed by atoms with Crippen molar-refractivity contribution < 1.29 is 9.59 Å². The lowest BCUT2D eigenvalue weighted by Crippen LogP contribution is -2.30. The van der Waals surface area contributed by atoms with Crippen molar-refractivity contribution in [1.82, 2.24) is 24.1 Å². The molecule has 0 bridgehead atoms. The number of hydrogen-bond acceptors (Lipinski definition) is 5. The third-order valence-electron chi connectivity index (χ3n) is 6.12. The number of rotatable bonds is 9. The summed E-state index contributed by atoms with van der Waals surface area (Å²) in [4.78, 5) is 52.3. The fraction of sp³-hybridized carbons (Fsp3) is 0.370. The number of fused-ring (bicyclic) bond motifs is 3. The molecule has 0 saturated heterocycles. The van der Waals surface area contributed by atoms with Gasteiger partial charge in [-0.2, -0.15) is 0 Å². The number of nitrogens with zero attached hydrogens (tertiary/aromatic N) is 4. The molecule has 0 radical (unpaired) electrons. The second kappa shape index (κ2) is 10.8. The van der Waals surface area contributed by atoms with Gasteiger partial charge in [-0.25, -0.2) is 13.9 Å². The number of aryl methyl sites for hydroxylation is 2. The maximum atomic E-state index is 13.5. The first-order valence-electron chi connectivity index (χ1n) is 12.6. The first kappa shape index (κ1) is 25.9. The lowest BCUT2D eigenvalue weighted by atomic mass is 10.1. The van der Waals surface area contributed by atoms with Gasteiger partial charge in [-0.15, -0.1) is 5.10 Å². The van der Waals surface area contributed by atoms with Gasteiger partial charge in [-0.1, -0.05) is 45.9 Å². The molecule has 4 aromatic rings. The van der Waals surface area contributed by atoms with Crippen LogP contribution in [0.4, 0.5) is 5.69 Å². The first-order valence-corrected chi connectivity index (χ1v) is 12.6. The minimum absolute atomic E-state index is 0.130. The molecule has 37 heavy (non-hydrogen) atoms. The van der Waals surface area contributed by atoms with Crippen LogP contribution in [0.2, 0.25) is 0 Å². The van der Waals surface area contributed by atoms with E-state index in [9.17, 15) is 19.2 Å². The number of aromatic nitrogens is 4. The van der Waals surface area contributed by atoms with Crippen LogP contribution in [0.3, 0.4) is 0 Å². The number of amides is 2. The molecule has 0 fully saturated rings. The van der Waals surface area contributed by atoms with E-state index in [-0.39, 0.29) is 35.2 Å². The molecule has 2 aromatic heterocycles. The van der Waals surface area contributed by atoms with E-state index in [0.717, 1.165) is 16.7 Å². The Morgan fingerprint density at radius 2 is 1.81 bits per heavy atom. The van der Waals surface area contributed by atoms with Crippen LogP contribution in [0, 0.1) is 5.92 Å². The predicted molar refractivity (Wildman–Crippen MR) is 143 cm³/mol. The topological polar surface area (TPSA) is 120 Å². The highest BCUT2D eigenvalue weighted by Gasteiger charge is 2.20. The van der Waals surface area contributed by atoms with Crippen LogP contribution in [-0.2, 0) is 24.3 Å². The third kappa shape index (κ3) is 5.18. The van der Waals surface area contributed by atoms with Gasteiger partial charge in [-0.05, 0) is 48.6 Å². The molecular weight excluding hydrogens is 472 g/mol. The lowest BCUT2D eigenvalue weighted by Gasteiger charge is -2.11. The third-order valence-corrected chi connectivity index (χ3v) is 6.12. The normalized spacial score (nSPS) is 11.4. The molecule has 0 spiro atoms. The van der Waals surface area contributed by atoms with Gasteiger partial charge < -0.3 is 10.6 Å². The zero-order chi connectivity index (χ0) is 26.7. The van der Waals surface area contributed by atoms with Crippen LogP contribution in [-0.4, -0.2) is 37.1 Å². The van der Waals surface area contributed by atoms with Crippen LogP contribution in [0.25, 0.3) is 16.7 Å². The van der Waals surface area contributed by atoms with Gasteiger partial charge in [0.2, 0.25) is 11.7 Å². The van der Waals surface area contributed by atoms with Crippen molar-refractivity contribution in [2.75, 3.05) is 11.9 Å². The smallest absolute Gasteiger partial charge is 0.352 e.